The summed E-state index contributed by atoms with van der Waals surface area (Å²) < 4.78 is 0. The van der Waals surface area contributed by atoms with E-state index in [-0.39, 0.29) is 7.92 Å². The zero-order chi connectivity index (χ0) is 33.1. The molecule has 0 aliphatic heterocycles. The first-order chi connectivity index (χ1) is 22.9. The van der Waals surface area contributed by atoms with E-state index < -0.39 is 24.1 Å². The van der Waals surface area contributed by atoms with Crippen LogP contribution in [-0.2, 0) is 12.3 Å². The van der Waals surface area contributed by atoms with E-state index in [1.54, 1.807) is 87.8 Å². The lowest BCUT2D eigenvalue weighted by molar-refractivity contribution is 0.0184. The maximum Gasteiger partial charge on any atom is 0.0774 e. The predicted molar refractivity (Wildman–Crippen MR) is 216 cm³/mol. The van der Waals surface area contributed by atoms with Gasteiger partial charge in [-0.15, -0.1) is 0 Å². The normalized spacial score (nSPS) is 36.0. The molecule has 2 heterocycles. The minimum absolute atomic E-state index is 0.0807. The summed E-state index contributed by atoms with van der Waals surface area (Å²) in [7, 11) is -3.63. The van der Waals surface area contributed by atoms with Gasteiger partial charge in [-0.05, 0) is 171 Å². The first-order valence-corrected chi connectivity index (χ1v) is 29.9. The van der Waals surface area contributed by atoms with Crippen molar-refractivity contribution in [3.8, 4) is 0 Å². The summed E-state index contributed by atoms with van der Waals surface area (Å²) >= 11 is 0. The van der Waals surface area contributed by atoms with Crippen molar-refractivity contribution in [1.29, 1.82) is 0 Å². The second-order valence-electron chi connectivity index (χ2n) is 20.3. The van der Waals surface area contributed by atoms with Gasteiger partial charge in [0.1, 0.15) is 0 Å². The Morgan fingerprint density at radius 2 is 0.917 bits per heavy atom. The Bertz CT molecular complexity index is 1480. The fourth-order valence-corrected chi connectivity index (χ4v) is 26.2. The molecule has 1 aromatic carbocycles. The third kappa shape index (κ3) is 5.78. The van der Waals surface area contributed by atoms with Gasteiger partial charge < -0.3 is 9.97 Å². The van der Waals surface area contributed by atoms with Gasteiger partial charge >= 0.3 is 0 Å². The molecule has 2 N–H and O–H groups in total. The average Bonchev–Trinajstić information content (AvgIpc) is 3.72. The van der Waals surface area contributed by atoms with Crippen molar-refractivity contribution in [2.24, 2.45) is 35.5 Å². The Labute approximate surface area is 296 Å². The number of benzene rings is 1. The first kappa shape index (κ1) is 32.9. The van der Waals surface area contributed by atoms with Crippen LogP contribution in [0.4, 0.5) is 0 Å². The van der Waals surface area contributed by atoms with Crippen LogP contribution in [0.2, 0.25) is 39.3 Å². The lowest BCUT2D eigenvalue weighted by Gasteiger charge is -2.67. The van der Waals surface area contributed by atoms with Crippen LogP contribution in [0.1, 0.15) is 88.2 Å². The van der Waals surface area contributed by atoms with Crippen LogP contribution in [0.25, 0.3) is 0 Å². The molecule has 2 aromatic heterocycles. The summed E-state index contributed by atoms with van der Waals surface area (Å²) in [6.45, 7) is 15.8. The standard InChI is InChI=1S/C42H62N2P2Si2/c1-47(2,3)39-17-35(27-45(37-7-9-43-25-37)38-8-10-44-26-38)36(18-40(39)48(4,5)6)28-46(41-19-29-11-30(20-41)13-31(12-29)21-41)42-22-32-14-33(23-42)16-34(15-32)24-42/h7-10,17-18,25-26,29-34,43-44H,11-16,19-24,27-28H2,1-6H3. The molecule has 0 atom stereocenters. The van der Waals surface area contributed by atoms with Crippen molar-refractivity contribution in [2.75, 3.05) is 0 Å². The Morgan fingerprint density at radius 3 is 1.23 bits per heavy atom. The van der Waals surface area contributed by atoms with Crippen molar-refractivity contribution >= 4 is 53.0 Å². The zero-order valence-electron chi connectivity index (χ0n) is 30.9. The zero-order valence-corrected chi connectivity index (χ0v) is 34.7. The van der Waals surface area contributed by atoms with E-state index in [9.17, 15) is 0 Å². The number of aromatic amines is 2. The lowest BCUT2D eigenvalue weighted by Crippen LogP contribution is -2.57. The minimum Gasteiger partial charge on any atom is -0.367 e. The molecular weight excluding hydrogens is 651 g/mol. The van der Waals surface area contributed by atoms with E-state index in [1.807, 2.05) is 10.8 Å². The van der Waals surface area contributed by atoms with Crippen LogP contribution in [0, 0.1) is 35.5 Å². The van der Waals surface area contributed by atoms with Gasteiger partial charge in [0, 0.05) is 30.9 Å². The van der Waals surface area contributed by atoms with Crippen molar-refractivity contribution < 1.29 is 0 Å². The van der Waals surface area contributed by atoms with E-state index >= 15 is 0 Å². The van der Waals surface area contributed by atoms with Gasteiger partial charge in [0.2, 0.25) is 0 Å². The molecule has 8 bridgehead atoms. The fourth-order valence-electron chi connectivity index (χ4n) is 13.5. The van der Waals surface area contributed by atoms with Crippen LogP contribution in [0.15, 0.2) is 49.1 Å². The Morgan fingerprint density at radius 1 is 0.562 bits per heavy atom. The second kappa shape index (κ2) is 11.8. The van der Waals surface area contributed by atoms with Crippen molar-refractivity contribution in [1.82, 2.24) is 9.97 Å². The molecule has 8 aliphatic rings. The second-order valence-corrected chi connectivity index (χ2v) is 35.6. The van der Waals surface area contributed by atoms with Crippen LogP contribution in [-0.4, -0.2) is 36.4 Å². The smallest absolute Gasteiger partial charge is 0.0774 e. The molecule has 8 fully saturated rings. The highest BCUT2D eigenvalue weighted by Gasteiger charge is 2.62. The quantitative estimate of drug-likeness (QED) is 0.155. The summed E-state index contributed by atoms with van der Waals surface area (Å²) in [5, 5.41) is 7.96. The first-order valence-electron chi connectivity index (χ1n) is 19.8. The Balaban J connectivity index is 1.20. The maximum atomic E-state index is 3.44. The monoisotopic (exact) mass is 712 g/mol. The van der Waals surface area contributed by atoms with Gasteiger partial charge in [-0.3, -0.25) is 0 Å². The van der Waals surface area contributed by atoms with E-state index in [4.69, 9.17) is 0 Å². The van der Waals surface area contributed by atoms with Crippen molar-refractivity contribution in [2.45, 2.75) is 139 Å². The summed E-state index contributed by atoms with van der Waals surface area (Å²) in [6.07, 6.45) is 30.6. The molecule has 0 spiro atoms. The molecule has 2 nitrogen and oxygen atoms in total. The maximum absolute atomic E-state index is 3.44. The number of hydrogen-bond donors (Lipinski definition) is 2. The molecule has 8 aliphatic carbocycles. The van der Waals surface area contributed by atoms with Gasteiger partial charge in [-0.1, -0.05) is 69.7 Å². The van der Waals surface area contributed by atoms with E-state index in [2.05, 4.69) is 98.3 Å². The molecule has 6 heteroatoms. The SMILES string of the molecule is C[Si](C)(C)c1cc(CP(c2cc[nH]c2)c2cc[nH]c2)c(CP(C23CC4CC(CC(C4)C2)C3)C23CC4CC(CC(C4)C2)C3)cc1[Si](C)(C)C. The Kier molecular flexibility index (Phi) is 8.10. The largest absolute Gasteiger partial charge is 0.367 e. The van der Waals surface area contributed by atoms with Gasteiger partial charge in [0.25, 0.3) is 0 Å². The molecule has 0 saturated heterocycles. The molecule has 0 unspecified atom stereocenters. The molecule has 258 valence electrons. The average molecular weight is 713 g/mol. The van der Waals surface area contributed by atoms with Gasteiger partial charge in [0.15, 0.2) is 0 Å². The number of rotatable bonds is 10. The molecule has 8 saturated carbocycles. The highest BCUT2D eigenvalue weighted by Crippen LogP contribution is 2.79. The molecule has 0 radical (unpaired) electrons. The van der Waals surface area contributed by atoms with E-state index in [0.29, 0.717) is 10.3 Å². The van der Waals surface area contributed by atoms with Crippen molar-refractivity contribution in [3.63, 3.8) is 0 Å². The number of H-pyrrole nitrogens is 2. The van der Waals surface area contributed by atoms with Gasteiger partial charge in [0.05, 0.1) is 16.1 Å². The van der Waals surface area contributed by atoms with Crippen LogP contribution >= 0.6 is 15.8 Å². The fraction of sp³-hybridized carbons (Fsp3) is 0.667. The summed E-state index contributed by atoms with van der Waals surface area (Å²) in [5.74, 6) is 6.31. The minimum atomic E-state index is -1.55. The van der Waals surface area contributed by atoms with Crippen molar-refractivity contribution in [3.05, 3.63) is 60.2 Å². The summed E-state index contributed by atoms with van der Waals surface area (Å²) in [4.78, 5) is 6.88. The van der Waals surface area contributed by atoms with Crippen LogP contribution in [0.5, 0.6) is 0 Å². The van der Waals surface area contributed by atoms with Gasteiger partial charge in [-0.2, -0.15) is 0 Å². The Hall–Kier alpha value is -0.926. The summed E-state index contributed by atoms with van der Waals surface area (Å²) in [5.41, 5.74) is 3.57. The van der Waals surface area contributed by atoms with Gasteiger partial charge in [-0.25, -0.2) is 0 Å². The van der Waals surface area contributed by atoms with E-state index in [1.165, 1.54) is 22.9 Å². The molecular formula is C42H62N2P2Si2. The topological polar surface area (TPSA) is 31.6 Å². The lowest BCUT2D eigenvalue weighted by atomic mass is 9.55. The molecule has 0 amide bonds. The van der Waals surface area contributed by atoms with Crippen LogP contribution in [0.3, 0.4) is 0 Å². The molecule has 11 rings (SSSR count). The highest BCUT2D eigenvalue weighted by atomic mass is 31.1. The number of nitrogens with one attached hydrogen (secondary N) is 2. The third-order valence-corrected chi connectivity index (χ3v) is 25.4. The number of aromatic nitrogens is 2. The predicted octanol–water partition coefficient (Wildman–Crippen LogP) is 9.99. The van der Waals surface area contributed by atoms with E-state index in [0.717, 1.165) is 35.5 Å². The highest BCUT2D eigenvalue weighted by molar-refractivity contribution is 7.72. The molecule has 3 aromatic rings. The third-order valence-electron chi connectivity index (χ3n) is 14.6. The van der Waals surface area contributed by atoms with Crippen LogP contribution < -0.4 is 21.0 Å². The molecule has 48 heavy (non-hydrogen) atoms. The number of hydrogen-bond acceptors (Lipinski definition) is 0. The summed E-state index contributed by atoms with van der Waals surface area (Å²) in [6, 6.07) is 10.5.